The number of aromatic nitrogens is 2. The van der Waals surface area contributed by atoms with Crippen LogP contribution < -0.4 is 4.90 Å². The highest BCUT2D eigenvalue weighted by atomic mass is 35.5. The van der Waals surface area contributed by atoms with E-state index in [2.05, 4.69) is 9.88 Å². The van der Waals surface area contributed by atoms with E-state index >= 15 is 0 Å². The SMILES string of the molecule is CCN1CCN(c2cc(Cl)cn3cncc23)CCS1(=O)=O. The minimum atomic E-state index is -3.16. The van der Waals surface area contributed by atoms with Crippen LogP contribution in [0.1, 0.15) is 6.92 Å². The second-order valence-electron chi connectivity index (χ2n) is 5.02. The molecule has 0 bridgehead atoms. The number of fused-ring (bicyclic) bond motifs is 1. The van der Waals surface area contributed by atoms with Crippen LogP contribution in [0.15, 0.2) is 24.8 Å². The lowest BCUT2D eigenvalue weighted by Crippen LogP contribution is -2.33. The quantitative estimate of drug-likeness (QED) is 0.837. The van der Waals surface area contributed by atoms with E-state index in [0.29, 0.717) is 31.2 Å². The van der Waals surface area contributed by atoms with E-state index in [1.165, 1.54) is 4.31 Å². The zero-order chi connectivity index (χ0) is 15.0. The summed E-state index contributed by atoms with van der Waals surface area (Å²) < 4.78 is 27.7. The summed E-state index contributed by atoms with van der Waals surface area (Å²) in [4.78, 5) is 6.20. The number of hydrogen-bond donors (Lipinski definition) is 0. The van der Waals surface area contributed by atoms with Gasteiger partial charge in [0.05, 0.1) is 34.5 Å². The fourth-order valence-electron chi connectivity index (χ4n) is 2.67. The first kappa shape index (κ1) is 14.6. The fourth-order valence-corrected chi connectivity index (χ4v) is 4.34. The molecular weight excluding hydrogens is 312 g/mol. The molecule has 0 atom stereocenters. The summed E-state index contributed by atoms with van der Waals surface area (Å²) >= 11 is 6.15. The third-order valence-corrected chi connectivity index (χ3v) is 5.92. The summed E-state index contributed by atoms with van der Waals surface area (Å²) in [6.07, 6.45) is 5.25. The highest BCUT2D eigenvalue weighted by molar-refractivity contribution is 7.89. The summed E-state index contributed by atoms with van der Waals surface area (Å²) in [5, 5.41) is 0.606. The number of halogens is 1. The van der Waals surface area contributed by atoms with Crippen molar-refractivity contribution in [1.29, 1.82) is 0 Å². The first-order valence-electron chi connectivity index (χ1n) is 6.85. The van der Waals surface area contributed by atoms with Crippen LogP contribution in [0, 0.1) is 0 Å². The van der Waals surface area contributed by atoms with Crippen LogP contribution in [0.4, 0.5) is 5.69 Å². The van der Waals surface area contributed by atoms with Gasteiger partial charge in [-0.25, -0.2) is 17.7 Å². The number of imidazole rings is 1. The summed E-state index contributed by atoms with van der Waals surface area (Å²) in [6, 6.07) is 1.87. The Labute approximate surface area is 129 Å². The lowest BCUT2D eigenvalue weighted by molar-refractivity contribution is 0.442. The van der Waals surface area contributed by atoms with Crippen LogP contribution in [-0.4, -0.2) is 54.0 Å². The van der Waals surface area contributed by atoms with E-state index in [9.17, 15) is 8.42 Å². The van der Waals surface area contributed by atoms with Crippen molar-refractivity contribution in [3.8, 4) is 0 Å². The van der Waals surface area contributed by atoms with Gasteiger partial charge in [0.1, 0.15) is 0 Å². The summed E-state index contributed by atoms with van der Waals surface area (Å²) in [7, 11) is -3.16. The van der Waals surface area contributed by atoms with Gasteiger partial charge in [-0.1, -0.05) is 18.5 Å². The van der Waals surface area contributed by atoms with Crippen LogP contribution in [0.2, 0.25) is 5.02 Å². The zero-order valence-electron chi connectivity index (χ0n) is 11.7. The van der Waals surface area contributed by atoms with Gasteiger partial charge in [-0.15, -0.1) is 0 Å². The molecule has 1 fully saturated rings. The second-order valence-corrected chi connectivity index (χ2v) is 7.55. The molecule has 2 aromatic heterocycles. The minimum Gasteiger partial charge on any atom is -0.367 e. The van der Waals surface area contributed by atoms with E-state index in [0.717, 1.165) is 11.2 Å². The van der Waals surface area contributed by atoms with Gasteiger partial charge in [0.15, 0.2) is 0 Å². The highest BCUT2D eigenvalue weighted by Crippen LogP contribution is 2.26. The number of pyridine rings is 1. The standard InChI is InChI=1S/C13H17ClN4O2S/c1-2-18-4-3-16(5-6-21(18,19)20)12-7-11(14)9-17-10-15-8-13(12)17/h7-10H,2-6H2,1H3. The van der Waals surface area contributed by atoms with E-state index < -0.39 is 10.0 Å². The van der Waals surface area contributed by atoms with Crippen LogP contribution >= 0.6 is 11.6 Å². The molecule has 21 heavy (non-hydrogen) atoms. The lowest BCUT2D eigenvalue weighted by atomic mass is 10.3. The monoisotopic (exact) mass is 328 g/mol. The average Bonchev–Trinajstić information content (AvgIpc) is 2.83. The second kappa shape index (κ2) is 5.47. The molecule has 1 aliphatic rings. The smallest absolute Gasteiger partial charge is 0.215 e. The first-order valence-corrected chi connectivity index (χ1v) is 8.84. The molecule has 0 aromatic carbocycles. The predicted molar refractivity (Wildman–Crippen MR) is 83.4 cm³/mol. The predicted octanol–water partition coefficient (Wildman–Crippen LogP) is 1.46. The molecule has 1 aliphatic heterocycles. The normalized spacial score (nSPS) is 19.8. The Morgan fingerprint density at radius 3 is 2.90 bits per heavy atom. The van der Waals surface area contributed by atoms with E-state index in [4.69, 9.17) is 11.6 Å². The Bertz CT molecular complexity index is 759. The maximum atomic E-state index is 12.1. The highest BCUT2D eigenvalue weighted by Gasteiger charge is 2.26. The Kier molecular flexibility index (Phi) is 3.81. The van der Waals surface area contributed by atoms with Crippen molar-refractivity contribution in [3.63, 3.8) is 0 Å². The molecule has 3 rings (SSSR count). The molecule has 6 nitrogen and oxygen atoms in total. The Balaban J connectivity index is 1.98. The number of likely N-dealkylation sites (N-methyl/N-ethyl adjacent to an activating group) is 1. The van der Waals surface area contributed by atoms with Gasteiger partial charge in [-0.2, -0.15) is 0 Å². The maximum Gasteiger partial charge on any atom is 0.215 e. The third-order valence-electron chi connectivity index (χ3n) is 3.79. The van der Waals surface area contributed by atoms with Gasteiger partial charge in [-0.3, -0.25) is 0 Å². The van der Waals surface area contributed by atoms with Crippen molar-refractivity contribution in [2.45, 2.75) is 6.92 Å². The topological polar surface area (TPSA) is 57.9 Å². The van der Waals surface area contributed by atoms with Crippen molar-refractivity contribution in [2.24, 2.45) is 0 Å². The number of nitrogens with zero attached hydrogens (tertiary/aromatic N) is 4. The Morgan fingerprint density at radius 1 is 1.33 bits per heavy atom. The molecule has 0 N–H and O–H groups in total. The lowest BCUT2D eigenvalue weighted by Gasteiger charge is -2.23. The van der Waals surface area contributed by atoms with Gasteiger partial charge < -0.3 is 9.30 Å². The van der Waals surface area contributed by atoms with Crippen LogP contribution in [0.25, 0.3) is 5.52 Å². The van der Waals surface area contributed by atoms with Gasteiger partial charge in [0.2, 0.25) is 10.0 Å². The van der Waals surface area contributed by atoms with Crippen LogP contribution in [0.3, 0.4) is 0 Å². The molecule has 0 unspecified atom stereocenters. The summed E-state index contributed by atoms with van der Waals surface area (Å²) in [6.45, 7) is 3.97. The van der Waals surface area contributed by atoms with E-state index in [1.807, 2.05) is 17.4 Å². The Morgan fingerprint density at radius 2 is 2.14 bits per heavy atom. The van der Waals surface area contributed by atoms with Crippen LogP contribution in [-0.2, 0) is 10.0 Å². The van der Waals surface area contributed by atoms with Crippen molar-refractivity contribution < 1.29 is 8.42 Å². The van der Waals surface area contributed by atoms with Crippen molar-refractivity contribution >= 4 is 32.8 Å². The largest absolute Gasteiger partial charge is 0.367 e. The molecule has 3 heterocycles. The molecular formula is C13H17ClN4O2S. The maximum absolute atomic E-state index is 12.1. The van der Waals surface area contributed by atoms with Crippen molar-refractivity contribution in [2.75, 3.05) is 36.8 Å². The summed E-state index contributed by atoms with van der Waals surface area (Å²) in [5.74, 6) is 0.119. The Hall–Kier alpha value is -1.31. The molecule has 0 saturated carbocycles. The van der Waals surface area contributed by atoms with Crippen LogP contribution in [0.5, 0.6) is 0 Å². The third kappa shape index (κ3) is 2.73. The van der Waals surface area contributed by atoms with Gasteiger partial charge >= 0.3 is 0 Å². The van der Waals surface area contributed by atoms with Gasteiger partial charge in [-0.05, 0) is 6.07 Å². The van der Waals surface area contributed by atoms with Crippen molar-refractivity contribution in [3.05, 3.63) is 29.8 Å². The minimum absolute atomic E-state index is 0.119. The van der Waals surface area contributed by atoms with E-state index in [1.54, 1.807) is 18.7 Å². The zero-order valence-corrected chi connectivity index (χ0v) is 13.3. The molecule has 0 amide bonds. The first-order chi connectivity index (χ1) is 10.0. The molecule has 0 aliphatic carbocycles. The van der Waals surface area contributed by atoms with Crippen molar-refractivity contribution in [1.82, 2.24) is 13.7 Å². The fraction of sp³-hybridized carbons (Fsp3) is 0.462. The molecule has 1 saturated heterocycles. The summed E-state index contributed by atoms with van der Waals surface area (Å²) in [5.41, 5.74) is 1.86. The molecule has 114 valence electrons. The number of rotatable bonds is 2. The number of hydrogen-bond acceptors (Lipinski definition) is 4. The molecule has 0 spiro atoms. The molecule has 0 radical (unpaired) electrons. The molecule has 8 heteroatoms. The molecule has 2 aromatic rings. The number of sulfonamides is 1. The van der Waals surface area contributed by atoms with Gasteiger partial charge in [0, 0.05) is 32.4 Å². The van der Waals surface area contributed by atoms with Gasteiger partial charge in [0.25, 0.3) is 0 Å². The average molecular weight is 329 g/mol. The number of anilines is 1. The van der Waals surface area contributed by atoms with E-state index in [-0.39, 0.29) is 5.75 Å².